The van der Waals surface area contributed by atoms with E-state index in [4.69, 9.17) is 4.74 Å². The van der Waals surface area contributed by atoms with Gasteiger partial charge in [-0.15, -0.1) is 13.2 Å². The van der Waals surface area contributed by atoms with Crippen molar-refractivity contribution in [2.75, 3.05) is 32.8 Å². The molecule has 2 unspecified atom stereocenters. The molecular weight excluding hydrogens is 506 g/mol. The lowest BCUT2D eigenvalue weighted by Crippen LogP contribution is -2.56. The molecular formula is C32H45N3O5. The van der Waals surface area contributed by atoms with Crippen LogP contribution < -0.4 is 0 Å². The summed E-state index contributed by atoms with van der Waals surface area (Å²) in [6.45, 7) is 12.1. The number of hydrogen-bond acceptors (Lipinski definition) is 5. The van der Waals surface area contributed by atoms with Crippen LogP contribution in [0.5, 0.6) is 0 Å². The van der Waals surface area contributed by atoms with Gasteiger partial charge >= 0.3 is 0 Å². The van der Waals surface area contributed by atoms with E-state index in [1.54, 1.807) is 26.9 Å². The molecule has 0 saturated carbocycles. The van der Waals surface area contributed by atoms with Gasteiger partial charge in [-0.05, 0) is 44.1 Å². The van der Waals surface area contributed by atoms with Crippen LogP contribution >= 0.6 is 0 Å². The molecule has 4 rings (SSSR count). The third-order valence-electron chi connectivity index (χ3n) is 8.70. The quantitative estimate of drug-likeness (QED) is 0.251. The van der Waals surface area contributed by atoms with Gasteiger partial charge in [0.2, 0.25) is 17.7 Å². The number of fused-ring (bicyclic) bond motifs is 1. The summed E-state index contributed by atoms with van der Waals surface area (Å²) in [6, 6.07) is 9.03. The predicted molar refractivity (Wildman–Crippen MR) is 154 cm³/mol. The highest BCUT2D eigenvalue weighted by atomic mass is 16.5. The Labute approximate surface area is 238 Å². The first-order chi connectivity index (χ1) is 19.4. The summed E-state index contributed by atoms with van der Waals surface area (Å²) < 4.78 is 6.64. The van der Waals surface area contributed by atoms with Gasteiger partial charge in [0.1, 0.15) is 11.6 Å². The molecule has 8 heteroatoms. The summed E-state index contributed by atoms with van der Waals surface area (Å²) in [6.07, 6.45) is 8.14. The Balaban J connectivity index is 1.66. The van der Waals surface area contributed by atoms with E-state index >= 15 is 0 Å². The number of carbonyl (C=O) groups excluding carboxylic acids is 3. The van der Waals surface area contributed by atoms with Crippen molar-refractivity contribution in [2.24, 2.45) is 11.8 Å². The lowest BCUT2D eigenvalue weighted by atomic mass is 9.70. The number of likely N-dealkylation sites (tertiary alicyclic amines) is 1. The van der Waals surface area contributed by atoms with Crippen molar-refractivity contribution >= 4 is 17.7 Å². The van der Waals surface area contributed by atoms with Gasteiger partial charge in [0.05, 0.1) is 17.9 Å². The van der Waals surface area contributed by atoms with E-state index in [1.807, 2.05) is 30.3 Å². The normalized spacial score (nSPS) is 26.6. The van der Waals surface area contributed by atoms with Crippen LogP contribution in [0.4, 0.5) is 0 Å². The van der Waals surface area contributed by atoms with Crippen molar-refractivity contribution in [3.8, 4) is 0 Å². The monoisotopic (exact) mass is 551 g/mol. The number of rotatable bonds is 16. The number of aliphatic hydroxyl groups is 1. The van der Waals surface area contributed by atoms with Crippen molar-refractivity contribution in [1.82, 2.24) is 14.7 Å². The van der Waals surface area contributed by atoms with Gasteiger partial charge in [-0.2, -0.15) is 0 Å². The highest BCUT2D eigenvalue weighted by Crippen LogP contribution is 2.59. The van der Waals surface area contributed by atoms with Crippen molar-refractivity contribution in [3.63, 3.8) is 0 Å². The third-order valence-corrected chi connectivity index (χ3v) is 8.70. The molecule has 3 aliphatic rings. The van der Waals surface area contributed by atoms with Crippen LogP contribution in [0.2, 0.25) is 0 Å². The van der Waals surface area contributed by atoms with Crippen LogP contribution in [0.3, 0.4) is 0 Å². The summed E-state index contributed by atoms with van der Waals surface area (Å²) in [5, 5.41) is 9.26. The van der Waals surface area contributed by atoms with E-state index in [2.05, 4.69) is 20.1 Å². The molecule has 3 heterocycles. The molecule has 1 N–H and O–H groups in total. The molecule has 2 bridgehead atoms. The van der Waals surface area contributed by atoms with Crippen molar-refractivity contribution in [3.05, 3.63) is 61.2 Å². The molecule has 0 aromatic heterocycles. The highest BCUT2D eigenvalue weighted by molar-refractivity contribution is 5.99. The van der Waals surface area contributed by atoms with Gasteiger partial charge in [-0.3, -0.25) is 14.4 Å². The Bertz CT molecular complexity index is 1060. The standard InChI is InChI=1S/C32H45N3O5/c1-4-7-20-33(18-5-2)31(39)28-32-17-16-25(40-32)26(27(32)30(38)35(28)21-12-9-13-22-36)29(37)34(19-6-3)23-24-14-10-8-11-15-24/h5-6,8,10-11,14-15,25-28,36H,2-4,7,9,12-13,16-23H2,1H3/t25-,26+,27-,28?,32?/m0/s1. The first-order valence-electron chi connectivity index (χ1n) is 14.9. The number of unbranched alkanes of at least 4 members (excludes halogenated alkanes) is 3. The summed E-state index contributed by atoms with van der Waals surface area (Å²) >= 11 is 0. The fraction of sp³-hybridized carbons (Fsp3) is 0.594. The summed E-state index contributed by atoms with van der Waals surface area (Å²) in [7, 11) is 0. The van der Waals surface area contributed by atoms with Gasteiger partial charge in [0.15, 0.2) is 0 Å². The van der Waals surface area contributed by atoms with E-state index in [1.165, 1.54) is 0 Å². The molecule has 1 spiro atoms. The Morgan fingerprint density at radius 3 is 2.48 bits per heavy atom. The minimum Gasteiger partial charge on any atom is -0.396 e. The van der Waals surface area contributed by atoms with Crippen molar-refractivity contribution in [2.45, 2.75) is 76.2 Å². The van der Waals surface area contributed by atoms with Crippen LogP contribution in [0.1, 0.15) is 57.4 Å². The minimum absolute atomic E-state index is 0.0922. The average molecular weight is 552 g/mol. The molecule has 3 aliphatic heterocycles. The molecule has 8 nitrogen and oxygen atoms in total. The number of benzene rings is 1. The van der Waals surface area contributed by atoms with E-state index < -0.39 is 23.5 Å². The van der Waals surface area contributed by atoms with Gasteiger partial charge in [0, 0.05) is 39.3 Å². The van der Waals surface area contributed by atoms with Crippen LogP contribution in [-0.2, 0) is 25.7 Å². The van der Waals surface area contributed by atoms with Crippen molar-refractivity contribution < 1.29 is 24.2 Å². The first kappa shape index (κ1) is 30.0. The number of carbonyl (C=O) groups is 3. The van der Waals surface area contributed by atoms with Gasteiger partial charge in [0.25, 0.3) is 0 Å². The second kappa shape index (κ2) is 13.6. The molecule has 0 aliphatic carbocycles. The molecule has 5 atom stereocenters. The highest BCUT2D eigenvalue weighted by Gasteiger charge is 2.74. The second-order valence-electron chi connectivity index (χ2n) is 11.3. The zero-order valence-corrected chi connectivity index (χ0v) is 23.9. The van der Waals surface area contributed by atoms with E-state index in [0.29, 0.717) is 58.4 Å². The Hall–Kier alpha value is -2.97. The van der Waals surface area contributed by atoms with Gasteiger partial charge in [-0.1, -0.05) is 55.8 Å². The lowest BCUT2D eigenvalue weighted by Gasteiger charge is -2.37. The molecule has 3 saturated heterocycles. The average Bonchev–Trinajstić information content (AvgIpc) is 3.60. The molecule has 1 aromatic carbocycles. The zero-order chi connectivity index (χ0) is 28.7. The lowest BCUT2D eigenvalue weighted by molar-refractivity contribution is -0.149. The molecule has 40 heavy (non-hydrogen) atoms. The fourth-order valence-corrected chi connectivity index (χ4v) is 6.90. The number of aliphatic hydroxyl groups excluding tert-OH is 1. The Kier molecular flexibility index (Phi) is 10.2. The minimum atomic E-state index is -1.01. The summed E-state index contributed by atoms with van der Waals surface area (Å²) in [5.74, 6) is -1.71. The predicted octanol–water partition coefficient (Wildman–Crippen LogP) is 3.55. The Morgan fingerprint density at radius 2 is 1.80 bits per heavy atom. The summed E-state index contributed by atoms with van der Waals surface area (Å²) in [4.78, 5) is 47.8. The summed E-state index contributed by atoms with van der Waals surface area (Å²) in [5.41, 5.74) is -0.00208. The van der Waals surface area contributed by atoms with Crippen LogP contribution in [0.15, 0.2) is 55.6 Å². The maximum atomic E-state index is 14.2. The number of nitrogens with zero attached hydrogens (tertiary/aromatic N) is 3. The number of amides is 3. The topological polar surface area (TPSA) is 90.4 Å². The van der Waals surface area contributed by atoms with Crippen LogP contribution in [-0.4, -0.2) is 88.1 Å². The molecule has 218 valence electrons. The SMILES string of the molecule is C=CCN(CCCC)C(=O)C1N(CCCCCO)C(=O)[C@@H]2[C@H](C(=O)N(CC=C)Cc3ccccc3)[C@@H]3CCC12O3. The van der Waals surface area contributed by atoms with Gasteiger partial charge < -0.3 is 24.5 Å². The third kappa shape index (κ3) is 5.75. The van der Waals surface area contributed by atoms with Crippen molar-refractivity contribution in [1.29, 1.82) is 0 Å². The first-order valence-corrected chi connectivity index (χ1v) is 14.9. The van der Waals surface area contributed by atoms with E-state index in [-0.39, 0.29) is 30.4 Å². The molecule has 3 amide bonds. The zero-order valence-electron chi connectivity index (χ0n) is 23.9. The maximum absolute atomic E-state index is 14.2. The van der Waals surface area contributed by atoms with E-state index in [9.17, 15) is 19.5 Å². The molecule has 1 aromatic rings. The van der Waals surface area contributed by atoms with Gasteiger partial charge in [-0.25, -0.2) is 0 Å². The molecule has 3 fully saturated rings. The maximum Gasteiger partial charge on any atom is 0.248 e. The van der Waals surface area contributed by atoms with Crippen LogP contribution in [0, 0.1) is 11.8 Å². The van der Waals surface area contributed by atoms with Crippen LogP contribution in [0.25, 0.3) is 0 Å². The largest absolute Gasteiger partial charge is 0.396 e. The van der Waals surface area contributed by atoms with E-state index in [0.717, 1.165) is 24.8 Å². The Morgan fingerprint density at radius 1 is 1.07 bits per heavy atom. The fourth-order valence-electron chi connectivity index (χ4n) is 6.90. The number of ether oxygens (including phenoxy) is 1. The smallest absolute Gasteiger partial charge is 0.248 e. The molecule has 0 radical (unpaired) electrons. The number of hydrogen-bond donors (Lipinski definition) is 1. The second-order valence-corrected chi connectivity index (χ2v) is 11.3.